The number of fused-ring (bicyclic) bond motifs is 1. The number of nitrogens with zero attached hydrogens (tertiary/aromatic N) is 8. The molecule has 15 heteroatoms. The number of benzene rings is 3. The monoisotopic (exact) mass is 881 g/mol. The number of aromatic nitrogens is 2. The molecule has 1 saturated carbocycles. The first-order valence-corrected chi connectivity index (χ1v) is 22.8. The van der Waals surface area contributed by atoms with Gasteiger partial charge in [0.2, 0.25) is 17.8 Å². The number of piperidine rings is 2. The Kier molecular flexibility index (Phi) is 10.9. The third-order valence-electron chi connectivity index (χ3n) is 14.9. The molecular formula is C49H52ClN9O5. The Morgan fingerprint density at radius 1 is 0.828 bits per heavy atom. The zero-order valence-corrected chi connectivity index (χ0v) is 37.0. The van der Waals surface area contributed by atoms with Gasteiger partial charge in [-0.05, 0) is 97.2 Å². The minimum absolute atomic E-state index is 0.104. The van der Waals surface area contributed by atoms with E-state index < -0.39 is 23.8 Å². The lowest BCUT2D eigenvalue weighted by atomic mass is 9.59. The van der Waals surface area contributed by atoms with Crippen LogP contribution in [0.5, 0.6) is 5.75 Å². The van der Waals surface area contributed by atoms with Gasteiger partial charge in [0.25, 0.3) is 11.8 Å². The summed E-state index contributed by atoms with van der Waals surface area (Å²) in [5.41, 5.74) is 5.07. The molecule has 0 radical (unpaired) electrons. The first kappa shape index (κ1) is 42.1. The van der Waals surface area contributed by atoms with Crippen molar-refractivity contribution in [2.75, 3.05) is 62.2 Å². The van der Waals surface area contributed by atoms with Gasteiger partial charge in [0.05, 0.1) is 23.4 Å². The molecule has 0 bridgehead atoms. The number of halogens is 1. The zero-order valence-electron chi connectivity index (χ0n) is 36.3. The molecule has 6 heterocycles. The van der Waals surface area contributed by atoms with E-state index in [0.29, 0.717) is 45.9 Å². The molecule has 1 spiro atoms. The Bertz CT molecular complexity index is 2550. The SMILES string of the molecule is [C-]#[N+]c1cc(Cl)cc(C(C)(C)c2ccc(OCc3ccnc(N4CCN(C5CN(C6CC7(CCN(c8ccc9c(c8)C(=O)N(C8CCC(=O)NC8=O)C9=O)CC7)C6)C5)CC4)n3)cc2)c1. The highest BCUT2D eigenvalue weighted by molar-refractivity contribution is 6.31. The summed E-state index contributed by atoms with van der Waals surface area (Å²) >= 11 is 6.32. The normalized spacial score (nSPS) is 22.0. The van der Waals surface area contributed by atoms with Crippen LogP contribution in [0.1, 0.15) is 89.9 Å². The molecule has 1 aromatic heterocycles. The number of imide groups is 2. The third-order valence-corrected chi connectivity index (χ3v) is 15.1. The number of anilines is 2. The summed E-state index contributed by atoms with van der Waals surface area (Å²) in [6.07, 6.45) is 6.75. The van der Waals surface area contributed by atoms with Crippen LogP contribution in [0.4, 0.5) is 17.3 Å². The number of carbonyl (C=O) groups is 4. The van der Waals surface area contributed by atoms with Gasteiger partial charge in [0, 0.05) is 93.2 Å². The fraction of sp³-hybridized carbons (Fsp3) is 0.449. The van der Waals surface area contributed by atoms with E-state index in [9.17, 15) is 19.2 Å². The number of hydrogen-bond donors (Lipinski definition) is 1. The van der Waals surface area contributed by atoms with E-state index in [-0.39, 0.29) is 24.2 Å². The molecule has 14 nitrogen and oxygen atoms in total. The number of carbonyl (C=O) groups excluding carboxylic acids is 4. The molecule has 1 unspecified atom stereocenters. The maximum Gasteiger partial charge on any atom is 0.262 e. The summed E-state index contributed by atoms with van der Waals surface area (Å²) < 4.78 is 6.16. The van der Waals surface area contributed by atoms with E-state index in [1.165, 1.54) is 12.8 Å². The standard InChI is InChI=1S/C49H52ClN9O5/c1-48(2,32-22-33(50)24-35(23-32)51-3)31-4-7-39(8-5-31)64-30-34-12-15-52-47(53-34)57-20-18-56(19-21-57)38-28-58(29-38)37-26-49(27-37)13-16-55(17-14-49)36-6-9-40-41(25-36)46(63)59(45(40)62)42-10-11-43(60)54-44(42)61/h4-9,12,15,22-25,37-38,42H,10-11,13-14,16-21,26-30H2,1-2H3,(H,54,60,61). The molecule has 1 N–H and O–H groups in total. The molecule has 4 saturated heterocycles. The van der Waals surface area contributed by atoms with Crippen LogP contribution in [0.2, 0.25) is 5.02 Å². The zero-order chi connectivity index (χ0) is 44.3. The minimum Gasteiger partial charge on any atom is -0.487 e. The molecule has 5 fully saturated rings. The topological polar surface area (TPSA) is 136 Å². The summed E-state index contributed by atoms with van der Waals surface area (Å²) in [6.45, 7) is 19.8. The highest BCUT2D eigenvalue weighted by Crippen LogP contribution is 2.52. The van der Waals surface area contributed by atoms with Gasteiger partial charge in [0.1, 0.15) is 18.4 Å². The molecule has 4 amide bonds. The van der Waals surface area contributed by atoms with Gasteiger partial charge in [-0.1, -0.05) is 43.6 Å². The summed E-state index contributed by atoms with van der Waals surface area (Å²) in [5.74, 6) is -0.400. The fourth-order valence-electron chi connectivity index (χ4n) is 10.7. The second-order valence-electron chi connectivity index (χ2n) is 19.0. The van der Waals surface area contributed by atoms with E-state index in [2.05, 4.69) is 60.7 Å². The van der Waals surface area contributed by atoms with Gasteiger partial charge >= 0.3 is 0 Å². The Morgan fingerprint density at radius 2 is 1.56 bits per heavy atom. The molecule has 1 aliphatic carbocycles. The molecular weight excluding hydrogens is 830 g/mol. The van der Waals surface area contributed by atoms with Gasteiger partial charge in [-0.2, -0.15) is 0 Å². The number of piperazine rings is 1. The average Bonchev–Trinajstić information content (AvgIpc) is 3.52. The second kappa shape index (κ2) is 16.6. The van der Waals surface area contributed by atoms with Gasteiger partial charge < -0.3 is 14.5 Å². The maximum absolute atomic E-state index is 13.4. The van der Waals surface area contributed by atoms with E-state index in [1.807, 2.05) is 48.7 Å². The van der Waals surface area contributed by atoms with Crippen molar-refractivity contribution in [2.45, 2.75) is 82.5 Å². The van der Waals surface area contributed by atoms with Gasteiger partial charge in [-0.15, -0.1) is 0 Å². The number of hydrogen-bond acceptors (Lipinski definition) is 11. The van der Waals surface area contributed by atoms with E-state index in [4.69, 9.17) is 27.9 Å². The lowest BCUT2D eigenvalue weighted by molar-refractivity contribution is -0.136. The predicted octanol–water partition coefficient (Wildman–Crippen LogP) is 6.24. The number of rotatable bonds is 10. The van der Waals surface area contributed by atoms with Gasteiger partial charge in [0.15, 0.2) is 5.69 Å². The van der Waals surface area contributed by atoms with Crippen molar-refractivity contribution in [3.63, 3.8) is 0 Å². The first-order valence-electron chi connectivity index (χ1n) is 22.4. The summed E-state index contributed by atoms with van der Waals surface area (Å²) in [6, 6.07) is 21.2. The van der Waals surface area contributed by atoms with Crippen molar-refractivity contribution in [1.82, 2.24) is 30.0 Å². The van der Waals surface area contributed by atoms with Gasteiger partial charge in [-0.3, -0.25) is 39.2 Å². The highest BCUT2D eigenvalue weighted by Gasteiger charge is 2.51. The van der Waals surface area contributed by atoms with Crippen LogP contribution in [0.25, 0.3) is 4.85 Å². The van der Waals surface area contributed by atoms with Crippen molar-refractivity contribution < 1.29 is 23.9 Å². The number of ether oxygens (including phenoxy) is 1. The van der Waals surface area contributed by atoms with Crippen molar-refractivity contribution in [3.8, 4) is 5.75 Å². The van der Waals surface area contributed by atoms with Crippen molar-refractivity contribution in [3.05, 3.63) is 117 Å². The lowest BCUT2D eigenvalue weighted by Gasteiger charge is -2.60. The highest BCUT2D eigenvalue weighted by atomic mass is 35.5. The number of amides is 4. The molecule has 10 rings (SSSR count). The third kappa shape index (κ3) is 7.88. The van der Waals surface area contributed by atoms with Crippen molar-refractivity contribution in [2.24, 2.45) is 5.41 Å². The average molecular weight is 882 g/mol. The molecule has 1 atom stereocenters. The van der Waals surface area contributed by atoms with Crippen molar-refractivity contribution in [1.29, 1.82) is 0 Å². The first-order chi connectivity index (χ1) is 30.9. The quantitative estimate of drug-likeness (QED) is 0.143. The Morgan fingerprint density at radius 3 is 2.28 bits per heavy atom. The molecule has 6 aliphatic rings. The Balaban J connectivity index is 0.653. The molecule has 64 heavy (non-hydrogen) atoms. The molecule has 5 aliphatic heterocycles. The summed E-state index contributed by atoms with van der Waals surface area (Å²) in [5, 5.41) is 2.82. The maximum atomic E-state index is 13.4. The van der Waals surface area contributed by atoms with E-state index in [0.717, 1.165) is 104 Å². The van der Waals surface area contributed by atoms with E-state index >= 15 is 0 Å². The van der Waals surface area contributed by atoms with Gasteiger partial charge in [-0.25, -0.2) is 14.8 Å². The fourth-order valence-corrected chi connectivity index (χ4v) is 10.9. The van der Waals surface area contributed by atoms with Crippen LogP contribution in [0.3, 0.4) is 0 Å². The predicted molar refractivity (Wildman–Crippen MR) is 242 cm³/mol. The Hall–Kier alpha value is -5.88. The molecule has 330 valence electrons. The van der Waals surface area contributed by atoms with Crippen molar-refractivity contribution >= 4 is 52.6 Å². The number of likely N-dealkylation sites (tertiary alicyclic amines) is 1. The Labute approximate surface area is 378 Å². The summed E-state index contributed by atoms with van der Waals surface area (Å²) in [4.78, 5) is 74.7. The van der Waals surface area contributed by atoms with Crippen LogP contribution in [-0.2, 0) is 21.6 Å². The molecule has 3 aromatic carbocycles. The smallest absolute Gasteiger partial charge is 0.262 e. The van der Waals surface area contributed by atoms with E-state index in [1.54, 1.807) is 12.1 Å². The lowest BCUT2D eigenvalue weighted by Crippen LogP contribution is -2.68. The number of nitrogens with one attached hydrogen (secondary N) is 1. The second-order valence-corrected chi connectivity index (χ2v) is 19.4. The minimum atomic E-state index is -0.958. The van der Waals surface area contributed by atoms with Crippen LogP contribution >= 0.6 is 11.6 Å². The summed E-state index contributed by atoms with van der Waals surface area (Å²) in [7, 11) is 0. The molecule has 4 aromatic rings. The largest absolute Gasteiger partial charge is 0.487 e. The van der Waals surface area contributed by atoms with Crippen LogP contribution in [0, 0.1) is 12.0 Å². The van der Waals surface area contributed by atoms with Crippen LogP contribution < -0.4 is 19.9 Å². The van der Waals surface area contributed by atoms with Crippen LogP contribution in [0.15, 0.2) is 72.9 Å². The van der Waals surface area contributed by atoms with Crippen LogP contribution in [-0.4, -0.2) is 119 Å².